The summed E-state index contributed by atoms with van der Waals surface area (Å²) in [6.07, 6.45) is 1.53. The molecule has 21 heavy (non-hydrogen) atoms. The summed E-state index contributed by atoms with van der Waals surface area (Å²) in [6.45, 7) is 10.0. The number of nitrogen functional groups attached to an aromatic ring is 1. The molecule has 0 aromatic carbocycles. The molecule has 0 unspecified atom stereocenters. The van der Waals surface area contributed by atoms with Gasteiger partial charge in [0.15, 0.2) is 5.82 Å². The van der Waals surface area contributed by atoms with Crippen molar-refractivity contribution in [3.05, 3.63) is 33.8 Å². The van der Waals surface area contributed by atoms with Crippen LogP contribution in [0.4, 0.5) is 0 Å². The highest BCUT2D eigenvalue weighted by atomic mass is 15.4. The summed E-state index contributed by atoms with van der Waals surface area (Å²) in [5.74, 6) is 0.557. The molecule has 0 saturated carbocycles. The molecule has 0 atom stereocenters. The second kappa shape index (κ2) is 5.63. The molecule has 0 aliphatic rings. The van der Waals surface area contributed by atoms with Crippen LogP contribution in [-0.2, 0) is 12.8 Å². The molecule has 112 valence electrons. The highest BCUT2D eigenvalue weighted by Crippen LogP contribution is 2.22. The first-order valence-electron chi connectivity index (χ1n) is 7.18. The number of aryl methyl sites for hydroxylation is 2. The summed E-state index contributed by atoms with van der Waals surface area (Å²) < 4.78 is 1.74. The first kappa shape index (κ1) is 15.2. The fourth-order valence-corrected chi connectivity index (χ4v) is 2.52. The van der Waals surface area contributed by atoms with Crippen molar-refractivity contribution in [2.24, 2.45) is 5.73 Å². The van der Waals surface area contributed by atoms with Gasteiger partial charge in [-0.15, -0.1) is 5.10 Å². The smallest absolute Gasteiger partial charge is 0.187 e. The molecule has 2 rings (SSSR count). The Hall–Kier alpha value is -2.24. The van der Waals surface area contributed by atoms with Crippen LogP contribution in [0.5, 0.6) is 0 Å². The van der Waals surface area contributed by atoms with Crippen LogP contribution in [0.25, 0.3) is 5.82 Å². The zero-order valence-corrected chi connectivity index (χ0v) is 13.3. The zero-order chi connectivity index (χ0) is 15.7. The number of nitrogens with zero attached hydrogens (tertiary/aromatic N) is 4. The van der Waals surface area contributed by atoms with Crippen LogP contribution in [0.15, 0.2) is 0 Å². The molecule has 0 radical (unpaired) electrons. The van der Waals surface area contributed by atoms with Crippen LogP contribution >= 0.6 is 0 Å². The Morgan fingerprint density at radius 1 is 1.14 bits per heavy atom. The lowest BCUT2D eigenvalue weighted by Crippen LogP contribution is -2.22. The molecular weight excluding hydrogens is 264 g/mol. The van der Waals surface area contributed by atoms with Crippen molar-refractivity contribution >= 4 is 5.84 Å². The molecule has 0 fully saturated rings. The zero-order valence-electron chi connectivity index (χ0n) is 13.3. The van der Waals surface area contributed by atoms with Gasteiger partial charge in [-0.2, -0.15) is 10.2 Å². The Labute approximate surface area is 124 Å². The summed E-state index contributed by atoms with van der Waals surface area (Å²) in [5, 5.41) is 21.1. The number of hydrogen-bond donors (Lipinski definition) is 2. The van der Waals surface area contributed by atoms with E-state index in [1.54, 1.807) is 4.68 Å². The summed E-state index contributed by atoms with van der Waals surface area (Å²) in [7, 11) is 0. The third kappa shape index (κ3) is 2.41. The standard InChI is InChI=1S/C15H22N6/c1-6-11-12(7-2)18-19-15(13(11)14(16)17)21-10(5)8(3)9(4)20-21/h6-7H2,1-5H3,(H3,16,17). The normalized spacial score (nSPS) is 10.9. The van der Waals surface area contributed by atoms with Crippen LogP contribution in [0.1, 0.15) is 47.6 Å². The van der Waals surface area contributed by atoms with Gasteiger partial charge in [0, 0.05) is 5.69 Å². The molecule has 2 heterocycles. The van der Waals surface area contributed by atoms with Gasteiger partial charge in [0.1, 0.15) is 5.84 Å². The van der Waals surface area contributed by atoms with E-state index in [0.717, 1.165) is 41.1 Å². The summed E-state index contributed by atoms with van der Waals surface area (Å²) in [5.41, 5.74) is 11.4. The number of aromatic nitrogens is 4. The van der Waals surface area contributed by atoms with E-state index in [9.17, 15) is 0 Å². The SMILES string of the molecule is CCc1nnc(-n2nc(C)c(C)c2C)c(C(=N)N)c1CC. The molecule has 6 heteroatoms. The molecule has 0 aliphatic heterocycles. The van der Waals surface area contributed by atoms with E-state index in [2.05, 4.69) is 15.3 Å². The highest BCUT2D eigenvalue weighted by Gasteiger charge is 2.21. The minimum atomic E-state index is 0.0108. The average molecular weight is 286 g/mol. The summed E-state index contributed by atoms with van der Waals surface area (Å²) in [6, 6.07) is 0. The minimum absolute atomic E-state index is 0.0108. The first-order chi connectivity index (χ1) is 9.92. The van der Waals surface area contributed by atoms with E-state index in [1.807, 2.05) is 34.6 Å². The molecule has 3 N–H and O–H groups in total. The molecule has 0 spiro atoms. The predicted octanol–water partition coefficient (Wildman–Crippen LogP) is 2.00. The molecular formula is C15H22N6. The number of nitrogens with two attached hydrogens (primary N) is 1. The fraction of sp³-hybridized carbons (Fsp3) is 0.467. The topological polar surface area (TPSA) is 93.5 Å². The van der Waals surface area contributed by atoms with Crippen LogP contribution in [0.3, 0.4) is 0 Å². The van der Waals surface area contributed by atoms with E-state index < -0.39 is 0 Å². The fourth-order valence-electron chi connectivity index (χ4n) is 2.52. The van der Waals surface area contributed by atoms with Crippen molar-refractivity contribution in [1.82, 2.24) is 20.0 Å². The van der Waals surface area contributed by atoms with Gasteiger partial charge in [-0.25, -0.2) is 4.68 Å². The maximum absolute atomic E-state index is 7.94. The number of amidine groups is 1. The number of nitrogens with one attached hydrogen (secondary N) is 1. The van der Waals surface area contributed by atoms with Gasteiger partial charge in [0.2, 0.25) is 0 Å². The van der Waals surface area contributed by atoms with Gasteiger partial charge >= 0.3 is 0 Å². The average Bonchev–Trinajstić information content (AvgIpc) is 2.72. The molecule has 0 saturated heterocycles. The summed E-state index contributed by atoms with van der Waals surface area (Å²) in [4.78, 5) is 0. The van der Waals surface area contributed by atoms with Crippen LogP contribution in [0.2, 0.25) is 0 Å². The van der Waals surface area contributed by atoms with E-state index in [-0.39, 0.29) is 5.84 Å². The van der Waals surface area contributed by atoms with Crippen molar-refractivity contribution in [2.45, 2.75) is 47.5 Å². The second-order valence-corrected chi connectivity index (χ2v) is 5.15. The molecule has 2 aromatic rings. The van der Waals surface area contributed by atoms with Crippen molar-refractivity contribution < 1.29 is 0 Å². The van der Waals surface area contributed by atoms with Crippen LogP contribution in [0, 0.1) is 26.2 Å². The Kier molecular flexibility index (Phi) is 4.06. The Morgan fingerprint density at radius 2 is 1.81 bits per heavy atom. The lowest BCUT2D eigenvalue weighted by atomic mass is 10.0. The summed E-state index contributed by atoms with van der Waals surface area (Å²) >= 11 is 0. The van der Waals surface area contributed by atoms with Crippen molar-refractivity contribution in [3.63, 3.8) is 0 Å². The lowest BCUT2D eigenvalue weighted by molar-refractivity contribution is 0.756. The quantitative estimate of drug-likeness (QED) is 0.664. The van der Waals surface area contributed by atoms with Gasteiger partial charge in [-0.1, -0.05) is 13.8 Å². The maximum Gasteiger partial charge on any atom is 0.187 e. The Balaban J connectivity index is 2.80. The van der Waals surface area contributed by atoms with Crippen molar-refractivity contribution in [2.75, 3.05) is 0 Å². The molecule has 2 aromatic heterocycles. The lowest BCUT2D eigenvalue weighted by Gasteiger charge is -2.15. The Bertz CT molecular complexity index is 699. The van der Waals surface area contributed by atoms with Gasteiger partial charge in [0.25, 0.3) is 0 Å². The number of rotatable bonds is 4. The van der Waals surface area contributed by atoms with E-state index in [1.165, 1.54) is 0 Å². The van der Waals surface area contributed by atoms with Gasteiger partial charge in [-0.05, 0) is 44.7 Å². The van der Waals surface area contributed by atoms with E-state index in [4.69, 9.17) is 11.1 Å². The molecule has 0 amide bonds. The minimum Gasteiger partial charge on any atom is -0.384 e. The second-order valence-electron chi connectivity index (χ2n) is 5.15. The van der Waals surface area contributed by atoms with Gasteiger partial charge in [-0.3, -0.25) is 5.41 Å². The van der Waals surface area contributed by atoms with Crippen LogP contribution in [-0.4, -0.2) is 25.8 Å². The van der Waals surface area contributed by atoms with E-state index in [0.29, 0.717) is 11.4 Å². The monoisotopic (exact) mass is 286 g/mol. The van der Waals surface area contributed by atoms with Crippen molar-refractivity contribution in [1.29, 1.82) is 5.41 Å². The Morgan fingerprint density at radius 3 is 2.24 bits per heavy atom. The van der Waals surface area contributed by atoms with E-state index >= 15 is 0 Å². The predicted molar refractivity (Wildman–Crippen MR) is 83.1 cm³/mol. The third-order valence-corrected chi connectivity index (χ3v) is 3.95. The number of hydrogen-bond acceptors (Lipinski definition) is 4. The molecule has 0 aliphatic carbocycles. The molecule has 6 nitrogen and oxygen atoms in total. The first-order valence-corrected chi connectivity index (χ1v) is 7.18. The maximum atomic E-state index is 7.94. The highest BCUT2D eigenvalue weighted by molar-refractivity contribution is 5.99. The van der Waals surface area contributed by atoms with Crippen molar-refractivity contribution in [3.8, 4) is 5.82 Å². The van der Waals surface area contributed by atoms with Gasteiger partial charge in [0.05, 0.1) is 17.0 Å². The largest absolute Gasteiger partial charge is 0.384 e. The van der Waals surface area contributed by atoms with Gasteiger partial charge < -0.3 is 5.73 Å². The third-order valence-electron chi connectivity index (χ3n) is 3.95. The van der Waals surface area contributed by atoms with Crippen LogP contribution < -0.4 is 5.73 Å². The molecule has 0 bridgehead atoms.